The average molecular weight is 558 g/mol. The minimum Gasteiger partial charge on any atom is -0.480 e. The topological polar surface area (TPSA) is 186 Å². The van der Waals surface area contributed by atoms with Crippen LogP contribution in [0.5, 0.6) is 0 Å². The molecule has 0 bridgehead atoms. The van der Waals surface area contributed by atoms with Crippen LogP contribution in [0.4, 0.5) is 0 Å². The summed E-state index contributed by atoms with van der Waals surface area (Å²) in [6, 6.07) is -0.00174. The summed E-state index contributed by atoms with van der Waals surface area (Å²) in [6.45, 7) is 3.99. The predicted octanol–water partition coefficient (Wildman–Crippen LogP) is -3.21. The van der Waals surface area contributed by atoms with Crippen molar-refractivity contribution in [3.63, 3.8) is 0 Å². The molecule has 5 N–H and O–H groups in total. The summed E-state index contributed by atoms with van der Waals surface area (Å²) < 4.78 is 0. The fourth-order valence-corrected chi connectivity index (χ4v) is 4.78. The molecule has 0 aromatic rings. The van der Waals surface area contributed by atoms with Crippen molar-refractivity contribution in [1.29, 1.82) is 0 Å². The first-order chi connectivity index (χ1) is 18.5. The summed E-state index contributed by atoms with van der Waals surface area (Å²) in [4.78, 5) is 67.7. The highest BCUT2D eigenvalue weighted by Gasteiger charge is 2.24. The van der Waals surface area contributed by atoms with Gasteiger partial charge in [-0.3, -0.25) is 48.5 Å². The van der Waals surface area contributed by atoms with E-state index < -0.39 is 17.9 Å². The zero-order valence-electron chi connectivity index (χ0n) is 22.7. The van der Waals surface area contributed by atoms with Crippen LogP contribution in [-0.2, 0) is 24.0 Å². The number of hydrogen-bond acceptors (Lipinski definition) is 10. The van der Waals surface area contributed by atoms with Crippen LogP contribution in [0.2, 0.25) is 0 Å². The van der Waals surface area contributed by atoms with E-state index in [1.807, 2.05) is 9.80 Å². The van der Waals surface area contributed by atoms with Crippen molar-refractivity contribution in [1.82, 2.24) is 35.1 Å². The Kier molecular flexibility index (Phi) is 14.1. The molecule has 0 radical (unpaired) electrons. The highest BCUT2D eigenvalue weighted by Crippen LogP contribution is 2.10. The molecule has 39 heavy (non-hydrogen) atoms. The van der Waals surface area contributed by atoms with Gasteiger partial charge in [0.2, 0.25) is 11.8 Å². The molecule has 2 fully saturated rings. The maximum Gasteiger partial charge on any atom is 0.317 e. The Morgan fingerprint density at radius 1 is 0.538 bits per heavy atom. The molecule has 222 valence electrons. The molecular formula is C24H43N7O8. The largest absolute Gasteiger partial charge is 0.480 e. The lowest BCUT2D eigenvalue weighted by atomic mass is 10.0. The van der Waals surface area contributed by atoms with Gasteiger partial charge < -0.3 is 26.0 Å². The number of hydrogen-bond donors (Lipinski definition) is 5. The quantitative estimate of drug-likeness (QED) is 0.171. The van der Waals surface area contributed by atoms with Crippen LogP contribution in [0.3, 0.4) is 0 Å². The number of carbonyl (C=O) groups is 5. The van der Waals surface area contributed by atoms with Crippen LogP contribution in [-0.4, -0.2) is 181 Å². The Balaban J connectivity index is 2.00. The van der Waals surface area contributed by atoms with Crippen molar-refractivity contribution in [2.24, 2.45) is 0 Å². The number of piperidine rings is 1. The van der Waals surface area contributed by atoms with Crippen LogP contribution in [0.1, 0.15) is 12.8 Å². The number of carboxylic acid groups (broad SMARTS) is 3. The third kappa shape index (κ3) is 13.7. The van der Waals surface area contributed by atoms with Crippen LogP contribution in [0.15, 0.2) is 0 Å². The number of carboxylic acids is 3. The second kappa shape index (κ2) is 17.0. The minimum atomic E-state index is -1.01. The molecule has 2 heterocycles. The van der Waals surface area contributed by atoms with Crippen molar-refractivity contribution in [2.75, 3.05) is 105 Å². The van der Waals surface area contributed by atoms with Crippen LogP contribution >= 0.6 is 0 Å². The minimum absolute atomic E-state index is 0.00174. The molecular weight excluding hydrogens is 514 g/mol. The van der Waals surface area contributed by atoms with Gasteiger partial charge in [0, 0.05) is 78.5 Å². The molecule has 0 aliphatic carbocycles. The number of amides is 2. The van der Waals surface area contributed by atoms with Gasteiger partial charge in [-0.2, -0.15) is 0 Å². The maximum atomic E-state index is 12.9. The van der Waals surface area contributed by atoms with Gasteiger partial charge in [0.15, 0.2) is 0 Å². The fourth-order valence-electron chi connectivity index (χ4n) is 4.78. The molecule has 2 aliphatic rings. The van der Waals surface area contributed by atoms with Crippen molar-refractivity contribution < 1.29 is 39.3 Å². The third-order valence-electron chi connectivity index (χ3n) is 6.97. The molecule has 0 aromatic carbocycles. The first-order valence-corrected chi connectivity index (χ1v) is 13.3. The zero-order chi connectivity index (χ0) is 28.8. The average Bonchev–Trinajstić information content (AvgIpc) is 2.85. The van der Waals surface area contributed by atoms with E-state index in [4.69, 9.17) is 0 Å². The van der Waals surface area contributed by atoms with E-state index in [0.29, 0.717) is 72.0 Å². The van der Waals surface area contributed by atoms with Crippen LogP contribution in [0, 0.1) is 0 Å². The molecule has 0 aromatic heterocycles. The fraction of sp³-hybridized carbons (Fsp3) is 0.792. The monoisotopic (exact) mass is 557 g/mol. The molecule has 2 saturated heterocycles. The van der Waals surface area contributed by atoms with Crippen molar-refractivity contribution in [3.8, 4) is 0 Å². The highest BCUT2D eigenvalue weighted by atomic mass is 16.4. The number of likely N-dealkylation sites (N-methyl/N-ethyl adjacent to an activating group) is 1. The lowest BCUT2D eigenvalue weighted by molar-refractivity contribution is -0.140. The van der Waals surface area contributed by atoms with Gasteiger partial charge in [-0.25, -0.2) is 0 Å². The molecule has 2 rings (SSSR count). The number of nitrogens with one attached hydrogen (secondary N) is 2. The molecule has 15 nitrogen and oxygen atoms in total. The molecule has 2 aliphatic heterocycles. The third-order valence-corrected chi connectivity index (χ3v) is 6.97. The molecule has 0 spiro atoms. The summed E-state index contributed by atoms with van der Waals surface area (Å²) >= 11 is 0. The molecule has 15 heteroatoms. The standard InChI is InChI=1S/C24H43N7O8/c1-25-20(32)14-27-4-2-19(3-5-27)26-21(33)15-28-6-8-29(16-22(34)35)10-12-31(18-24(38)39)13-11-30(9-7-28)17-23(36)37/h19H,2-18H2,1H3,(H,25,32)(H,26,33)(H,34,35)(H,36,37)(H,38,39). The number of nitrogens with zero attached hydrogens (tertiary/aromatic N) is 5. The van der Waals surface area contributed by atoms with Gasteiger partial charge in [0.1, 0.15) is 0 Å². The molecule has 2 amide bonds. The van der Waals surface area contributed by atoms with Crippen LogP contribution < -0.4 is 10.6 Å². The maximum absolute atomic E-state index is 12.9. The second-order valence-electron chi connectivity index (χ2n) is 10.1. The summed E-state index contributed by atoms with van der Waals surface area (Å²) in [5.41, 5.74) is 0. The summed E-state index contributed by atoms with van der Waals surface area (Å²) in [5, 5.41) is 33.6. The van der Waals surface area contributed by atoms with Gasteiger partial charge >= 0.3 is 17.9 Å². The van der Waals surface area contributed by atoms with Gasteiger partial charge in [0.05, 0.1) is 32.7 Å². The number of aliphatic carboxylic acids is 3. The summed E-state index contributed by atoms with van der Waals surface area (Å²) in [5.74, 6) is -3.20. The number of likely N-dealkylation sites (tertiary alicyclic amines) is 1. The smallest absolute Gasteiger partial charge is 0.317 e. The number of carbonyl (C=O) groups excluding carboxylic acids is 2. The van der Waals surface area contributed by atoms with E-state index in [-0.39, 0.29) is 44.0 Å². The SMILES string of the molecule is CNC(=O)CN1CCC(NC(=O)CN2CCN(CC(=O)O)CCN(CC(=O)O)CCN(CC(=O)O)CC2)CC1. The molecule has 0 unspecified atom stereocenters. The van der Waals surface area contributed by atoms with Gasteiger partial charge in [-0.15, -0.1) is 0 Å². The van der Waals surface area contributed by atoms with Crippen molar-refractivity contribution in [3.05, 3.63) is 0 Å². The summed E-state index contributed by atoms with van der Waals surface area (Å²) in [6.07, 6.45) is 1.46. The van der Waals surface area contributed by atoms with E-state index >= 15 is 0 Å². The first-order valence-electron chi connectivity index (χ1n) is 13.3. The molecule has 0 atom stereocenters. The number of rotatable bonds is 11. The normalized spacial score (nSPS) is 20.4. The van der Waals surface area contributed by atoms with Crippen LogP contribution in [0.25, 0.3) is 0 Å². The van der Waals surface area contributed by atoms with Crippen molar-refractivity contribution >= 4 is 29.7 Å². The Bertz CT molecular complexity index is 805. The highest BCUT2D eigenvalue weighted by molar-refractivity contribution is 5.78. The Labute approximate surface area is 228 Å². The van der Waals surface area contributed by atoms with E-state index in [1.165, 1.54) is 0 Å². The summed E-state index contributed by atoms with van der Waals surface area (Å²) in [7, 11) is 1.60. The van der Waals surface area contributed by atoms with Gasteiger partial charge in [-0.1, -0.05) is 0 Å². The van der Waals surface area contributed by atoms with E-state index in [2.05, 4.69) is 10.6 Å². The van der Waals surface area contributed by atoms with E-state index in [1.54, 1.807) is 21.7 Å². The second-order valence-corrected chi connectivity index (χ2v) is 10.1. The lowest BCUT2D eigenvalue weighted by Crippen LogP contribution is -2.51. The van der Waals surface area contributed by atoms with E-state index in [9.17, 15) is 39.3 Å². The van der Waals surface area contributed by atoms with Crippen molar-refractivity contribution in [2.45, 2.75) is 18.9 Å². The van der Waals surface area contributed by atoms with E-state index in [0.717, 1.165) is 12.8 Å². The Morgan fingerprint density at radius 2 is 0.846 bits per heavy atom. The molecule has 0 saturated carbocycles. The zero-order valence-corrected chi connectivity index (χ0v) is 22.7. The lowest BCUT2D eigenvalue weighted by Gasteiger charge is -2.34. The van der Waals surface area contributed by atoms with Gasteiger partial charge in [0.25, 0.3) is 0 Å². The Hall–Kier alpha value is -2.85. The predicted molar refractivity (Wildman–Crippen MR) is 140 cm³/mol. The van der Waals surface area contributed by atoms with Gasteiger partial charge in [-0.05, 0) is 12.8 Å². The first kappa shape index (κ1) is 32.4. The Morgan fingerprint density at radius 3 is 1.18 bits per heavy atom.